The highest BCUT2D eigenvalue weighted by Gasteiger charge is 2.69. The lowest BCUT2D eigenvalue weighted by Crippen LogP contribution is -2.82. The number of oxime groups is 1. The Morgan fingerprint density at radius 2 is 1.85 bits per heavy atom. The number of benzene rings is 2. The van der Waals surface area contributed by atoms with Gasteiger partial charge in [0, 0.05) is 29.5 Å². The molecular formula is C35H34N6O10S3. The Morgan fingerprint density at radius 1 is 1.19 bits per heavy atom. The van der Waals surface area contributed by atoms with Gasteiger partial charge in [0.25, 0.3) is 11.8 Å². The molecule has 0 bridgehead atoms. The Hall–Kier alpha value is -5.60. The number of esters is 1. The van der Waals surface area contributed by atoms with Crippen LogP contribution in [0.15, 0.2) is 114 Å². The molecule has 2 amide bonds. The Labute approximate surface area is 318 Å². The second-order valence-electron chi connectivity index (χ2n) is 11.5. The van der Waals surface area contributed by atoms with Crippen LogP contribution in [0.3, 0.4) is 0 Å². The van der Waals surface area contributed by atoms with Gasteiger partial charge in [-0.2, -0.15) is 0 Å². The lowest BCUT2D eigenvalue weighted by Gasteiger charge is -2.53. The number of nitrogens with one attached hydrogen (secondary N) is 1. The molecule has 2 aromatic carbocycles. The predicted molar refractivity (Wildman–Crippen MR) is 197 cm³/mol. The third kappa shape index (κ3) is 8.95. The van der Waals surface area contributed by atoms with E-state index in [4.69, 9.17) is 15.3 Å². The lowest BCUT2D eigenvalue weighted by molar-refractivity contribution is -0.681. The molecule has 3 atom stereocenters. The molecule has 1 fully saturated rings. The van der Waals surface area contributed by atoms with Gasteiger partial charge in [0.15, 0.2) is 23.1 Å². The van der Waals surface area contributed by atoms with Gasteiger partial charge < -0.3 is 30.3 Å². The van der Waals surface area contributed by atoms with E-state index in [-0.39, 0.29) is 28.9 Å². The highest BCUT2D eigenvalue weighted by molar-refractivity contribution is 8.00. The van der Waals surface area contributed by atoms with Crippen LogP contribution in [0.25, 0.3) is 0 Å². The summed E-state index contributed by atoms with van der Waals surface area (Å²) in [7, 11) is -1.76. The molecule has 1 saturated heterocycles. The number of ether oxygens (including phenoxy) is 1. The number of phenolic OH excluding ortho intramolecular Hbond substituents is 1. The number of amides is 2. The molecule has 2 unspecified atom stereocenters. The molecule has 2 aliphatic rings. The number of phenols is 1. The molecule has 282 valence electrons. The van der Waals surface area contributed by atoms with E-state index in [1.165, 1.54) is 34.2 Å². The minimum atomic E-state index is -4.41. The van der Waals surface area contributed by atoms with Gasteiger partial charge in [-0.1, -0.05) is 60.3 Å². The van der Waals surface area contributed by atoms with Gasteiger partial charge >= 0.3 is 5.97 Å². The summed E-state index contributed by atoms with van der Waals surface area (Å²) in [6, 6.07) is 20.7. The summed E-state index contributed by atoms with van der Waals surface area (Å²) in [5.41, 5.74) is 6.30. The Morgan fingerprint density at radius 3 is 2.46 bits per heavy atom. The highest BCUT2D eigenvalue weighted by atomic mass is 32.3. The zero-order valence-corrected chi connectivity index (χ0v) is 31.2. The number of hydrogen-bond acceptors (Lipinski definition) is 15. The van der Waals surface area contributed by atoms with E-state index in [2.05, 4.69) is 26.2 Å². The molecule has 4 aromatic rings. The number of thiazole rings is 1. The number of fused-ring (bicyclic) bond motifs is 1. The molecule has 2 aromatic heterocycles. The number of aromatic hydroxyl groups is 1. The smallest absolute Gasteiger partial charge is 0.345 e. The number of nitrogens with two attached hydrogens (primary N) is 1. The Balaban J connectivity index is 0.000000864. The fraction of sp³-hybridized carbons (Fsp3) is 0.200. The molecule has 0 aliphatic carbocycles. The van der Waals surface area contributed by atoms with E-state index in [1.807, 2.05) is 42.1 Å². The van der Waals surface area contributed by atoms with Crippen LogP contribution in [0.5, 0.6) is 5.75 Å². The number of carbonyl (C=O) groups is 3. The van der Waals surface area contributed by atoms with Crippen LogP contribution in [0, 0.1) is 0 Å². The second kappa shape index (κ2) is 17.0. The maximum atomic E-state index is 14.4. The van der Waals surface area contributed by atoms with Gasteiger partial charge in [-0.15, -0.1) is 23.1 Å². The van der Waals surface area contributed by atoms with Crippen molar-refractivity contribution in [2.24, 2.45) is 12.2 Å². The zero-order chi connectivity index (χ0) is 39.0. The third-order valence-electron chi connectivity index (χ3n) is 8.04. The average Bonchev–Trinajstić information content (AvgIpc) is 3.60. The first-order chi connectivity index (χ1) is 25.8. The average molecular weight is 795 g/mol. The van der Waals surface area contributed by atoms with Crippen molar-refractivity contribution in [2.45, 2.75) is 23.6 Å². The first-order valence-electron chi connectivity index (χ1n) is 15.8. The zero-order valence-electron chi connectivity index (χ0n) is 28.7. The van der Waals surface area contributed by atoms with Gasteiger partial charge in [-0.3, -0.25) is 18.7 Å². The molecular weight excluding hydrogens is 761 g/mol. The highest BCUT2D eigenvalue weighted by Crippen LogP contribution is 2.45. The standard InChI is InChI=1S/C34H30N6O6S2.CH4O4S/c1-3-21-17-40-30(43)34(31(40)47-19-21,32(44)46-28(22-9-5-4-6-10-22)23-12-14-25(41)15-13-23)37-29(42)27(26-20-48-33(35)36-26)38-45-18-24-11-7-8-16-39(24)2;1-5-6(2,3)4/h3-17,20,28,31H,1,18-19H2,2H3,(H3-,35,36,37,41,42);1H3,(H,2,3,4)/t28?,31-,34?;/m0./s1. The summed E-state index contributed by atoms with van der Waals surface area (Å²) in [6.45, 7) is 3.81. The van der Waals surface area contributed by atoms with Gasteiger partial charge in [-0.05, 0) is 34.9 Å². The number of allylic oxidation sites excluding steroid dienone is 1. The molecule has 0 radical (unpaired) electrons. The molecule has 54 heavy (non-hydrogen) atoms. The minimum Gasteiger partial charge on any atom is -0.726 e. The van der Waals surface area contributed by atoms with Gasteiger partial charge in [0.05, 0.1) is 7.11 Å². The molecule has 19 heteroatoms. The van der Waals surface area contributed by atoms with Crippen molar-refractivity contribution in [3.05, 3.63) is 131 Å². The fourth-order valence-electron chi connectivity index (χ4n) is 5.26. The second-order valence-corrected chi connectivity index (χ2v) is 14.6. The predicted octanol–water partition coefficient (Wildman–Crippen LogP) is 2.44. The summed E-state index contributed by atoms with van der Waals surface area (Å²) in [5, 5.41) is 17.6. The topological polar surface area (TPSA) is 227 Å². The van der Waals surface area contributed by atoms with Crippen LogP contribution < -0.4 is 15.6 Å². The van der Waals surface area contributed by atoms with Gasteiger partial charge in [0.1, 0.15) is 23.9 Å². The van der Waals surface area contributed by atoms with Crippen LogP contribution in [0.4, 0.5) is 5.13 Å². The van der Waals surface area contributed by atoms with Crippen LogP contribution in [0.2, 0.25) is 0 Å². The number of carbonyl (C=O) groups excluding carboxylic acids is 3. The lowest BCUT2D eigenvalue weighted by atomic mass is 9.86. The number of anilines is 1. The SMILES string of the molecule is C=CC1=CN2C(=O)C(NC(=O)C(=NOCc3cccc[n+]3C)c3csc(N)n3)(C(=O)OC(c3ccccc3)c3ccc(O)cc3)[C@@H]2SC1.COS(=O)(=O)[O-]. The summed E-state index contributed by atoms with van der Waals surface area (Å²) in [4.78, 5) is 53.8. The summed E-state index contributed by atoms with van der Waals surface area (Å²) >= 11 is 2.38. The number of aryl methyl sites for hydroxylation is 1. The molecule has 0 saturated carbocycles. The van der Waals surface area contributed by atoms with E-state index < -0.39 is 45.2 Å². The first kappa shape index (κ1) is 39.6. The minimum absolute atomic E-state index is 0.0205. The third-order valence-corrected chi connectivity index (χ3v) is 10.5. The van der Waals surface area contributed by atoms with Crippen LogP contribution in [0.1, 0.15) is 28.6 Å². The Bertz CT molecular complexity index is 2200. The van der Waals surface area contributed by atoms with Crippen molar-refractivity contribution < 1.29 is 50.8 Å². The Kier molecular flexibility index (Phi) is 12.5. The molecule has 0 spiro atoms. The fourth-order valence-corrected chi connectivity index (χ4v) is 7.18. The molecule has 4 heterocycles. The number of thioether (sulfide) groups is 1. The number of nitrogens with zero attached hydrogens (tertiary/aromatic N) is 4. The van der Waals surface area contributed by atoms with Gasteiger partial charge in [0.2, 0.25) is 28.2 Å². The van der Waals surface area contributed by atoms with E-state index >= 15 is 0 Å². The number of aromatic nitrogens is 2. The largest absolute Gasteiger partial charge is 0.726 e. The van der Waals surface area contributed by atoms with E-state index in [1.54, 1.807) is 48.7 Å². The summed E-state index contributed by atoms with van der Waals surface area (Å²) < 4.78 is 39.0. The first-order valence-corrected chi connectivity index (χ1v) is 19.0. The van der Waals surface area contributed by atoms with E-state index in [0.29, 0.717) is 16.9 Å². The van der Waals surface area contributed by atoms with Crippen molar-refractivity contribution in [3.8, 4) is 5.75 Å². The van der Waals surface area contributed by atoms with Crippen LogP contribution in [-0.4, -0.2) is 75.2 Å². The molecule has 16 nitrogen and oxygen atoms in total. The number of rotatable bonds is 12. The monoisotopic (exact) mass is 794 g/mol. The van der Waals surface area contributed by atoms with Gasteiger partial charge in [-0.25, -0.2) is 22.8 Å². The van der Waals surface area contributed by atoms with Crippen molar-refractivity contribution in [2.75, 3.05) is 18.6 Å². The molecule has 4 N–H and O–H groups in total. The van der Waals surface area contributed by atoms with Crippen LogP contribution >= 0.6 is 23.1 Å². The summed E-state index contributed by atoms with van der Waals surface area (Å²) in [6.07, 6.45) is 4.12. The molecule has 2 aliphatic heterocycles. The van der Waals surface area contributed by atoms with Crippen molar-refractivity contribution in [3.63, 3.8) is 0 Å². The number of β-lactam (4-membered cyclic amide) rings is 1. The van der Waals surface area contributed by atoms with Crippen molar-refractivity contribution >= 4 is 62.1 Å². The maximum absolute atomic E-state index is 14.4. The molecule has 6 rings (SSSR count). The van der Waals surface area contributed by atoms with Crippen LogP contribution in [-0.2, 0) is 52.2 Å². The maximum Gasteiger partial charge on any atom is 0.345 e. The van der Waals surface area contributed by atoms with E-state index in [0.717, 1.165) is 29.7 Å². The number of pyridine rings is 1. The normalized spacial score (nSPS) is 18.5. The number of hydrogen-bond donors (Lipinski definition) is 3. The quantitative estimate of drug-likeness (QED) is 0.0274. The van der Waals surface area contributed by atoms with Crippen molar-refractivity contribution in [1.29, 1.82) is 0 Å². The number of nitrogen functional groups attached to an aromatic ring is 1. The summed E-state index contributed by atoms with van der Waals surface area (Å²) in [5.74, 6) is -2.08. The van der Waals surface area contributed by atoms with E-state index in [9.17, 15) is 32.5 Å². The van der Waals surface area contributed by atoms with Crippen molar-refractivity contribution in [1.82, 2.24) is 15.2 Å².